The standard InChI is InChI=1S/C11H12N4O2/c1-3-17-11(16)10-13-5-4-8(14-10)9-6-12-7-15(9)2/h4-7H,3H2,1-2H3. The maximum absolute atomic E-state index is 11.5. The van der Waals surface area contributed by atoms with Crippen molar-refractivity contribution in [3.8, 4) is 11.4 Å². The van der Waals surface area contributed by atoms with Crippen LogP contribution in [0.3, 0.4) is 0 Å². The van der Waals surface area contributed by atoms with E-state index in [4.69, 9.17) is 4.74 Å². The number of ether oxygens (including phenoxy) is 1. The first kappa shape index (κ1) is 11.3. The van der Waals surface area contributed by atoms with E-state index in [1.807, 2.05) is 11.6 Å². The molecule has 2 aromatic heterocycles. The number of aromatic nitrogens is 4. The largest absolute Gasteiger partial charge is 0.460 e. The minimum atomic E-state index is -0.517. The first-order valence-electron chi connectivity index (χ1n) is 5.19. The summed E-state index contributed by atoms with van der Waals surface area (Å²) in [6.07, 6.45) is 4.88. The van der Waals surface area contributed by atoms with E-state index in [0.29, 0.717) is 12.3 Å². The van der Waals surface area contributed by atoms with E-state index >= 15 is 0 Å². The molecular weight excluding hydrogens is 220 g/mol. The minimum Gasteiger partial charge on any atom is -0.460 e. The molecule has 6 nitrogen and oxygen atoms in total. The lowest BCUT2D eigenvalue weighted by molar-refractivity contribution is 0.0512. The summed E-state index contributed by atoms with van der Waals surface area (Å²) in [6, 6.07) is 1.72. The molecule has 2 rings (SSSR count). The monoisotopic (exact) mass is 232 g/mol. The fourth-order valence-electron chi connectivity index (χ4n) is 1.40. The Bertz CT molecular complexity index is 536. The molecule has 0 saturated heterocycles. The van der Waals surface area contributed by atoms with Crippen LogP contribution < -0.4 is 0 Å². The molecule has 0 unspecified atom stereocenters. The molecule has 0 fully saturated rings. The molecule has 0 amide bonds. The Morgan fingerprint density at radius 1 is 1.53 bits per heavy atom. The van der Waals surface area contributed by atoms with Gasteiger partial charge in [0.2, 0.25) is 5.82 Å². The van der Waals surface area contributed by atoms with Gasteiger partial charge in [0.05, 0.1) is 30.5 Å². The van der Waals surface area contributed by atoms with Gasteiger partial charge in [-0.3, -0.25) is 0 Å². The third-order valence-corrected chi connectivity index (χ3v) is 2.19. The zero-order valence-corrected chi connectivity index (χ0v) is 9.62. The fraction of sp³-hybridized carbons (Fsp3) is 0.273. The Hall–Kier alpha value is -2.24. The number of rotatable bonds is 3. The summed E-state index contributed by atoms with van der Waals surface area (Å²) in [5.41, 5.74) is 1.46. The molecule has 88 valence electrons. The second-order valence-electron chi connectivity index (χ2n) is 3.38. The molecule has 0 bridgehead atoms. The molecule has 0 aromatic carbocycles. The van der Waals surface area contributed by atoms with Crippen LogP contribution in [0.2, 0.25) is 0 Å². The van der Waals surface area contributed by atoms with Crippen LogP contribution in [0.4, 0.5) is 0 Å². The smallest absolute Gasteiger partial charge is 0.376 e. The molecule has 0 aliphatic carbocycles. The van der Waals surface area contributed by atoms with Crippen molar-refractivity contribution in [2.75, 3.05) is 6.61 Å². The number of esters is 1. The van der Waals surface area contributed by atoms with Crippen LogP contribution in [0, 0.1) is 0 Å². The number of nitrogens with zero attached hydrogens (tertiary/aromatic N) is 4. The van der Waals surface area contributed by atoms with Gasteiger partial charge in [-0.05, 0) is 13.0 Å². The van der Waals surface area contributed by atoms with Crippen LogP contribution in [0.25, 0.3) is 11.4 Å². The minimum absolute atomic E-state index is 0.0607. The van der Waals surface area contributed by atoms with Gasteiger partial charge >= 0.3 is 5.97 Å². The van der Waals surface area contributed by atoms with E-state index in [9.17, 15) is 4.79 Å². The molecule has 2 heterocycles. The zero-order valence-electron chi connectivity index (χ0n) is 9.62. The summed E-state index contributed by atoms with van der Waals surface area (Å²) < 4.78 is 6.66. The zero-order chi connectivity index (χ0) is 12.3. The van der Waals surface area contributed by atoms with Crippen molar-refractivity contribution in [1.29, 1.82) is 0 Å². The second kappa shape index (κ2) is 4.73. The maximum Gasteiger partial charge on any atom is 0.376 e. The van der Waals surface area contributed by atoms with E-state index < -0.39 is 5.97 Å². The predicted octanol–water partition coefficient (Wildman–Crippen LogP) is 1.05. The van der Waals surface area contributed by atoms with Crippen molar-refractivity contribution in [2.24, 2.45) is 7.05 Å². The Labute approximate surface area is 98.3 Å². The van der Waals surface area contributed by atoms with E-state index in [1.54, 1.807) is 25.5 Å². The maximum atomic E-state index is 11.5. The van der Waals surface area contributed by atoms with Crippen molar-refractivity contribution in [2.45, 2.75) is 6.92 Å². The first-order chi connectivity index (χ1) is 8.22. The highest BCUT2D eigenvalue weighted by atomic mass is 16.5. The van der Waals surface area contributed by atoms with Gasteiger partial charge in [0, 0.05) is 13.2 Å². The molecule has 0 saturated carbocycles. The summed E-state index contributed by atoms with van der Waals surface area (Å²) in [4.78, 5) is 23.5. The van der Waals surface area contributed by atoms with Gasteiger partial charge in [-0.2, -0.15) is 0 Å². The Morgan fingerprint density at radius 3 is 3.00 bits per heavy atom. The van der Waals surface area contributed by atoms with Gasteiger partial charge in [-0.25, -0.2) is 19.7 Å². The first-order valence-corrected chi connectivity index (χ1v) is 5.19. The Balaban J connectivity index is 2.35. The van der Waals surface area contributed by atoms with Crippen molar-refractivity contribution in [3.63, 3.8) is 0 Å². The molecule has 0 spiro atoms. The third-order valence-electron chi connectivity index (χ3n) is 2.19. The SMILES string of the molecule is CCOC(=O)c1nccc(-c2cncn2C)n1. The van der Waals surface area contributed by atoms with Crippen molar-refractivity contribution in [1.82, 2.24) is 19.5 Å². The normalized spacial score (nSPS) is 10.2. The molecule has 17 heavy (non-hydrogen) atoms. The summed E-state index contributed by atoms with van der Waals surface area (Å²) >= 11 is 0. The number of imidazole rings is 1. The number of carbonyl (C=O) groups is 1. The van der Waals surface area contributed by atoms with Crippen LogP contribution in [0.15, 0.2) is 24.8 Å². The van der Waals surface area contributed by atoms with E-state index in [1.165, 1.54) is 6.20 Å². The topological polar surface area (TPSA) is 69.9 Å². The predicted molar refractivity (Wildman–Crippen MR) is 60.2 cm³/mol. The second-order valence-corrected chi connectivity index (χ2v) is 3.38. The average Bonchev–Trinajstić information content (AvgIpc) is 2.76. The summed E-state index contributed by atoms with van der Waals surface area (Å²) in [5.74, 6) is -0.456. The number of aryl methyl sites for hydroxylation is 1. The van der Waals surface area contributed by atoms with Gasteiger partial charge in [0.25, 0.3) is 0 Å². The molecule has 0 aliphatic heterocycles. The highest BCUT2D eigenvalue weighted by molar-refractivity contribution is 5.85. The fourth-order valence-corrected chi connectivity index (χ4v) is 1.40. The average molecular weight is 232 g/mol. The van der Waals surface area contributed by atoms with E-state index in [-0.39, 0.29) is 5.82 Å². The lowest BCUT2D eigenvalue weighted by Gasteiger charge is -2.03. The van der Waals surface area contributed by atoms with Crippen LogP contribution in [-0.4, -0.2) is 32.1 Å². The quantitative estimate of drug-likeness (QED) is 0.740. The molecule has 6 heteroatoms. The lowest BCUT2D eigenvalue weighted by Crippen LogP contribution is -2.10. The lowest BCUT2D eigenvalue weighted by atomic mass is 10.3. The van der Waals surface area contributed by atoms with Crippen molar-refractivity contribution < 1.29 is 9.53 Å². The molecule has 0 atom stereocenters. The third kappa shape index (κ3) is 2.30. The van der Waals surface area contributed by atoms with E-state index in [2.05, 4.69) is 15.0 Å². The van der Waals surface area contributed by atoms with Crippen LogP contribution in [0.5, 0.6) is 0 Å². The van der Waals surface area contributed by atoms with Gasteiger partial charge in [0.1, 0.15) is 0 Å². The molecule has 0 N–H and O–H groups in total. The van der Waals surface area contributed by atoms with Gasteiger partial charge < -0.3 is 9.30 Å². The summed E-state index contributed by atoms with van der Waals surface area (Å²) in [7, 11) is 1.86. The van der Waals surface area contributed by atoms with Gasteiger partial charge in [-0.1, -0.05) is 0 Å². The Morgan fingerprint density at radius 2 is 2.35 bits per heavy atom. The van der Waals surface area contributed by atoms with Crippen molar-refractivity contribution >= 4 is 5.97 Å². The Kier molecular flexibility index (Phi) is 3.13. The van der Waals surface area contributed by atoms with Gasteiger partial charge in [0.15, 0.2) is 0 Å². The number of carbonyl (C=O) groups excluding carboxylic acids is 1. The van der Waals surface area contributed by atoms with E-state index in [0.717, 1.165) is 5.69 Å². The molecule has 0 radical (unpaired) electrons. The van der Waals surface area contributed by atoms with Crippen molar-refractivity contribution in [3.05, 3.63) is 30.6 Å². The summed E-state index contributed by atoms with van der Waals surface area (Å²) in [6.45, 7) is 2.04. The highest BCUT2D eigenvalue weighted by Gasteiger charge is 2.12. The van der Waals surface area contributed by atoms with Gasteiger partial charge in [-0.15, -0.1) is 0 Å². The van der Waals surface area contributed by atoms with Crippen LogP contribution >= 0.6 is 0 Å². The van der Waals surface area contributed by atoms with Crippen LogP contribution in [-0.2, 0) is 11.8 Å². The number of hydrogen-bond donors (Lipinski definition) is 0. The molecule has 2 aromatic rings. The molecule has 0 aliphatic rings. The van der Waals surface area contributed by atoms with Crippen LogP contribution in [0.1, 0.15) is 17.5 Å². The highest BCUT2D eigenvalue weighted by Crippen LogP contribution is 2.14. The number of hydrogen-bond acceptors (Lipinski definition) is 5. The molecular formula is C11H12N4O2. The summed E-state index contributed by atoms with van der Waals surface area (Å²) in [5, 5.41) is 0.